The van der Waals surface area contributed by atoms with Crippen molar-refractivity contribution in [3.05, 3.63) is 52.0 Å². The largest absolute Gasteiger partial charge is 0.454 e. The number of hydrogen-bond donors (Lipinski definition) is 1. The maximum Gasteiger partial charge on any atom is 0.410 e. The van der Waals surface area contributed by atoms with Crippen LogP contribution < -0.4 is 5.32 Å². The van der Waals surface area contributed by atoms with Crippen molar-refractivity contribution in [2.24, 2.45) is 0 Å². The highest BCUT2D eigenvalue weighted by molar-refractivity contribution is 7.15. The van der Waals surface area contributed by atoms with E-state index in [4.69, 9.17) is 14.1 Å². The standard InChI is InChI=1S/C28H32N4O4S2/c1-28(2,3)36-27(34)32-14-12-31(13-15-32)11-6-10-29-25(33)24-20(9-16-37-24)26-30-21(18-38-26)23-17-19-7-4-5-8-22(19)35-23/h4-5,7-9,16-18H,6,10-15H2,1-3H3,(H,29,33). The summed E-state index contributed by atoms with van der Waals surface area (Å²) in [5, 5.41) is 8.80. The summed E-state index contributed by atoms with van der Waals surface area (Å²) in [5.74, 6) is 0.645. The van der Waals surface area contributed by atoms with E-state index in [0.717, 1.165) is 59.0 Å². The number of hydrogen-bond acceptors (Lipinski definition) is 8. The number of thiophene rings is 1. The summed E-state index contributed by atoms with van der Waals surface area (Å²) >= 11 is 2.93. The molecule has 0 aliphatic carbocycles. The molecule has 10 heteroatoms. The van der Waals surface area contributed by atoms with Gasteiger partial charge in [0.15, 0.2) is 5.76 Å². The van der Waals surface area contributed by atoms with Gasteiger partial charge in [0.05, 0.1) is 0 Å². The number of para-hydroxylation sites is 1. The molecule has 5 rings (SSSR count). The van der Waals surface area contributed by atoms with E-state index in [2.05, 4.69) is 10.2 Å². The second kappa shape index (κ2) is 11.3. The van der Waals surface area contributed by atoms with E-state index in [1.165, 1.54) is 22.7 Å². The molecule has 1 aliphatic heterocycles. The molecule has 1 aliphatic rings. The number of ether oxygens (including phenoxy) is 1. The van der Waals surface area contributed by atoms with E-state index in [-0.39, 0.29) is 12.0 Å². The van der Waals surface area contributed by atoms with Crippen LogP contribution in [-0.2, 0) is 4.74 Å². The normalized spacial score (nSPS) is 14.7. The Morgan fingerprint density at radius 3 is 2.66 bits per heavy atom. The molecule has 0 atom stereocenters. The molecule has 1 fully saturated rings. The molecule has 8 nitrogen and oxygen atoms in total. The van der Waals surface area contributed by atoms with Gasteiger partial charge >= 0.3 is 6.09 Å². The van der Waals surface area contributed by atoms with Crippen molar-refractivity contribution in [2.75, 3.05) is 39.3 Å². The second-order valence-corrected chi connectivity index (χ2v) is 12.0. The number of aromatic nitrogens is 1. The number of nitrogens with one attached hydrogen (secondary N) is 1. The Morgan fingerprint density at radius 1 is 1.11 bits per heavy atom. The minimum Gasteiger partial charge on any atom is -0.454 e. The summed E-state index contributed by atoms with van der Waals surface area (Å²) in [6.07, 6.45) is 0.591. The average Bonchev–Trinajstić information content (AvgIpc) is 3.64. The molecule has 1 N–H and O–H groups in total. The quantitative estimate of drug-likeness (QED) is 0.285. The molecule has 4 aromatic rings. The van der Waals surface area contributed by atoms with Gasteiger partial charge in [0, 0.05) is 49.1 Å². The highest BCUT2D eigenvalue weighted by Crippen LogP contribution is 2.35. The Hall–Kier alpha value is -3.21. The predicted octanol–water partition coefficient (Wildman–Crippen LogP) is 5.96. The number of carbonyl (C=O) groups is 2. The van der Waals surface area contributed by atoms with Crippen LogP contribution in [0.25, 0.3) is 33.0 Å². The first-order valence-electron chi connectivity index (χ1n) is 12.8. The third-order valence-electron chi connectivity index (χ3n) is 6.24. The number of thiazole rings is 1. The monoisotopic (exact) mass is 552 g/mol. The van der Waals surface area contributed by atoms with Gasteiger partial charge in [0.2, 0.25) is 0 Å². The van der Waals surface area contributed by atoms with Gasteiger partial charge in [-0.25, -0.2) is 9.78 Å². The predicted molar refractivity (Wildman–Crippen MR) is 152 cm³/mol. The number of furan rings is 1. The summed E-state index contributed by atoms with van der Waals surface area (Å²) in [6.45, 7) is 10.0. The highest BCUT2D eigenvalue weighted by atomic mass is 32.1. The van der Waals surface area contributed by atoms with Crippen LogP contribution in [0.5, 0.6) is 0 Å². The average molecular weight is 553 g/mol. The lowest BCUT2D eigenvalue weighted by Gasteiger charge is -2.35. The number of rotatable bonds is 7. The highest BCUT2D eigenvalue weighted by Gasteiger charge is 2.25. The SMILES string of the molecule is CC(C)(C)OC(=O)N1CCN(CCCNC(=O)c2sccc2-c2nc(-c3cc4ccccc4o3)cs2)CC1. The minimum atomic E-state index is -0.481. The number of benzene rings is 1. The molecule has 0 radical (unpaired) electrons. The van der Waals surface area contributed by atoms with Gasteiger partial charge in [0.25, 0.3) is 5.91 Å². The number of fused-ring (bicyclic) bond motifs is 1. The summed E-state index contributed by atoms with van der Waals surface area (Å²) < 4.78 is 11.4. The molecule has 0 unspecified atom stereocenters. The fourth-order valence-electron chi connectivity index (χ4n) is 4.34. The Labute approximate surface area is 230 Å². The van der Waals surface area contributed by atoms with Crippen molar-refractivity contribution in [1.82, 2.24) is 20.1 Å². The van der Waals surface area contributed by atoms with Gasteiger partial charge in [0.1, 0.15) is 26.8 Å². The Kier molecular flexibility index (Phi) is 7.83. The van der Waals surface area contributed by atoms with Crippen molar-refractivity contribution in [3.8, 4) is 22.0 Å². The van der Waals surface area contributed by atoms with Gasteiger partial charge in [-0.15, -0.1) is 22.7 Å². The molecular weight excluding hydrogens is 520 g/mol. The summed E-state index contributed by atoms with van der Waals surface area (Å²) in [4.78, 5) is 34.7. The van der Waals surface area contributed by atoms with Crippen molar-refractivity contribution in [1.29, 1.82) is 0 Å². The van der Waals surface area contributed by atoms with E-state index in [1.807, 2.05) is 67.9 Å². The number of nitrogens with zero attached hydrogens (tertiary/aromatic N) is 3. The van der Waals surface area contributed by atoms with Crippen LogP contribution in [0.15, 0.2) is 51.6 Å². The van der Waals surface area contributed by atoms with Gasteiger partial charge in [-0.05, 0) is 57.3 Å². The summed E-state index contributed by atoms with van der Waals surface area (Å²) in [6, 6.07) is 11.8. The van der Waals surface area contributed by atoms with Crippen LogP contribution >= 0.6 is 22.7 Å². The van der Waals surface area contributed by atoms with E-state index in [0.29, 0.717) is 24.5 Å². The topological polar surface area (TPSA) is 87.9 Å². The number of carbonyl (C=O) groups excluding carboxylic acids is 2. The first kappa shape index (κ1) is 26.4. The van der Waals surface area contributed by atoms with Gasteiger partial charge < -0.3 is 19.4 Å². The Balaban J connectivity index is 1.10. The fraction of sp³-hybridized carbons (Fsp3) is 0.393. The maximum absolute atomic E-state index is 13.0. The summed E-state index contributed by atoms with van der Waals surface area (Å²) in [5.41, 5.74) is 1.96. The molecule has 0 bridgehead atoms. The van der Waals surface area contributed by atoms with Crippen molar-refractivity contribution >= 4 is 45.6 Å². The second-order valence-electron chi connectivity index (χ2n) is 10.3. The van der Waals surface area contributed by atoms with Crippen molar-refractivity contribution in [3.63, 3.8) is 0 Å². The molecule has 0 saturated carbocycles. The first-order valence-corrected chi connectivity index (χ1v) is 14.5. The lowest BCUT2D eigenvalue weighted by atomic mass is 10.2. The van der Waals surface area contributed by atoms with Gasteiger partial charge in [-0.1, -0.05) is 18.2 Å². The van der Waals surface area contributed by atoms with E-state index in [1.54, 1.807) is 4.90 Å². The molecule has 1 saturated heterocycles. The van der Waals surface area contributed by atoms with Crippen LogP contribution in [0.1, 0.15) is 36.9 Å². The number of amides is 2. The van der Waals surface area contributed by atoms with Crippen LogP contribution in [0.4, 0.5) is 4.79 Å². The van der Waals surface area contributed by atoms with Crippen molar-refractivity contribution < 1.29 is 18.7 Å². The molecule has 3 aromatic heterocycles. The molecule has 38 heavy (non-hydrogen) atoms. The fourth-order valence-corrected chi connectivity index (χ4v) is 6.05. The van der Waals surface area contributed by atoms with Gasteiger partial charge in [-0.2, -0.15) is 0 Å². The zero-order valence-corrected chi connectivity index (χ0v) is 23.5. The zero-order chi connectivity index (χ0) is 26.7. The third-order valence-corrected chi connectivity index (χ3v) is 8.03. The lowest BCUT2D eigenvalue weighted by molar-refractivity contribution is 0.0144. The third kappa shape index (κ3) is 6.25. The summed E-state index contributed by atoms with van der Waals surface area (Å²) in [7, 11) is 0. The van der Waals surface area contributed by atoms with E-state index < -0.39 is 5.60 Å². The lowest BCUT2D eigenvalue weighted by Crippen LogP contribution is -2.50. The van der Waals surface area contributed by atoms with Crippen LogP contribution in [0, 0.1) is 0 Å². The molecule has 1 aromatic carbocycles. The molecular formula is C28H32N4O4S2. The van der Waals surface area contributed by atoms with Crippen molar-refractivity contribution in [2.45, 2.75) is 32.8 Å². The molecule has 200 valence electrons. The molecule has 4 heterocycles. The van der Waals surface area contributed by atoms with E-state index in [9.17, 15) is 9.59 Å². The smallest absolute Gasteiger partial charge is 0.410 e. The minimum absolute atomic E-state index is 0.0785. The number of piperazine rings is 1. The maximum atomic E-state index is 13.0. The van der Waals surface area contributed by atoms with E-state index >= 15 is 0 Å². The van der Waals surface area contributed by atoms with Crippen LogP contribution in [-0.4, -0.2) is 71.7 Å². The zero-order valence-electron chi connectivity index (χ0n) is 21.9. The first-order chi connectivity index (χ1) is 18.3. The van der Waals surface area contributed by atoms with Crippen LogP contribution in [0.3, 0.4) is 0 Å². The Morgan fingerprint density at radius 2 is 1.89 bits per heavy atom. The molecule has 0 spiro atoms. The molecule has 2 amide bonds. The Bertz CT molecular complexity index is 1380. The van der Waals surface area contributed by atoms with Gasteiger partial charge in [-0.3, -0.25) is 9.69 Å². The van der Waals surface area contributed by atoms with Crippen LogP contribution in [0.2, 0.25) is 0 Å².